The Hall–Kier alpha value is -3.49. The molecule has 0 aliphatic carbocycles. The molecule has 2 aliphatic rings. The van der Waals surface area contributed by atoms with Crippen LogP contribution in [0.15, 0.2) is 78.9 Å². The number of rotatable bonds is 10. The predicted octanol–water partition coefficient (Wildman–Crippen LogP) is 6.55. The summed E-state index contributed by atoms with van der Waals surface area (Å²) < 4.78 is 30.5. The highest BCUT2D eigenvalue weighted by Crippen LogP contribution is 2.29. The van der Waals surface area contributed by atoms with Crippen LogP contribution in [-0.4, -0.2) is 72.7 Å². The molecule has 2 aliphatic heterocycles. The number of nitrogens with zero attached hydrogens (tertiary/aromatic N) is 3. The van der Waals surface area contributed by atoms with Gasteiger partial charge in [0.05, 0.1) is 5.69 Å². The molecule has 212 valence electrons. The van der Waals surface area contributed by atoms with Crippen LogP contribution in [0.5, 0.6) is 5.75 Å². The Morgan fingerprint density at radius 3 is 2.30 bits per heavy atom. The number of carbonyl (C=O) groups excluding carboxylic acids is 1. The minimum Gasteiger partial charge on any atom is -0.434 e. The first-order valence-corrected chi connectivity index (χ1v) is 14.3. The number of piperidine rings is 1. The van der Waals surface area contributed by atoms with Crippen LogP contribution >= 0.6 is 0 Å². The molecular weight excluding hydrogens is 510 g/mol. The standard InChI is InChI=1S/C32H38F2N4O2/c33-31(34)40-30-15-7-4-12-26(30)24-37-20-16-27(17-21-37)38(23-22-36-18-8-9-19-36)32(39)35-29-14-6-5-13-28(29)25-10-2-1-3-11-25/h1-7,10-15,27,31H,8-9,16-24H2,(H,35,39). The van der Waals surface area contributed by atoms with E-state index in [-0.39, 0.29) is 17.8 Å². The van der Waals surface area contributed by atoms with Gasteiger partial charge in [-0.3, -0.25) is 4.90 Å². The molecule has 2 heterocycles. The highest BCUT2D eigenvalue weighted by atomic mass is 19.3. The minimum absolute atomic E-state index is 0.0725. The molecule has 0 bridgehead atoms. The van der Waals surface area contributed by atoms with Crippen LogP contribution in [0.1, 0.15) is 31.2 Å². The number of para-hydroxylation sites is 2. The summed E-state index contributed by atoms with van der Waals surface area (Å²) >= 11 is 0. The van der Waals surface area contributed by atoms with Crippen molar-refractivity contribution in [1.29, 1.82) is 0 Å². The number of alkyl halides is 2. The quantitative estimate of drug-likeness (QED) is 0.312. The molecular formula is C32H38F2N4O2. The van der Waals surface area contributed by atoms with Crippen LogP contribution in [0, 0.1) is 0 Å². The SMILES string of the molecule is O=C(Nc1ccccc1-c1ccccc1)N(CCN1CCCC1)C1CCN(Cc2ccccc2OC(F)F)CC1. The number of anilines is 1. The maximum Gasteiger partial charge on any atom is 0.387 e. The minimum atomic E-state index is -2.85. The fourth-order valence-corrected chi connectivity index (χ4v) is 5.83. The second-order valence-corrected chi connectivity index (χ2v) is 10.6. The second kappa shape index (κ2) is 13.7. The van der Waals surface area contributed by atoms with Gasteiger partial charge in [0.15, 0.2) is 0 Å². The molecule has 3 aromatic rings. The molecule has 5 rings (SSSR count). The van der Waals surface area contributed by atoms with Crippen molar-refractivity contribution in [2.24, 2.45) is 0 Å². The molecule has 0 aromatic heterocycles. The number of carbonyl (C=O) groups is 1. The van der Waals surface area contributed by atoms with Gasteiger partial charge in [-0.1, -0.05) is 66.7 Å². The predicted molar refractivity (Wildman–Crippen MR) is 155 cm³/mol. The molecule has 0 radical (unpaired) electrons. The summed E-state index contributed by atoms with van der Waals surface area (Å²) in [5, 5.41) is 3.23. The Labute approximate surface area is 235 Å². The zero-order valence-corrected chi connectivity index (χ0v) is 22.9. The van der Waals surface area contributed by atoms with E-state index in [0.717, 1.165) is 67.9 Å². The topological polar surface area (TPSA) is 48.1 Å². The summed E-state index contributed by atoms with van der Waals surface area (Å²) in [7, 11) is 0. The van der Waals surface area contributed by atoms with Crippen LogP contribution in [0.2, 0.25) is 0 Å². The third-order valence-electron chi connectivity index (χ3n) is 7.95. The molecule has 1 N–H and O–H groups in total. The van der Waals surface area contributed by atoms with Gasteiger partial charge in [-0.2, -0.15) is 8.78 Å². The molecule has 40 heavy (non-hydrogen) atoms. The molecule has 0 atom stereocenters. The molecule has 0 saturated carbocycles. The third-order valence-corrected chi connectivity index (χ3v) is 7.95. The first-order chi connectivity index (χ1) is 19.6. The molecule has 0 spiro atoms. The average Bonchev–Trinajstić information content (AvgIpc) is 3.49. The average molecular weight is 549 g/mol. The van der Waals surface area contributed by atoms with Crippen molar-refractivity contribution in [3.63, 3.8) is 0 Å². The molecule has 0 unspecified atom stereocenters. The van der Waals surface area contributed by atoms with Crippen molar-refractivity contribution >= 4 is 11.7 Å². The number of urea groups is 1. The fourth-order valence-electron chi connectivity index (χ4n) is 5.83. The van der Waals surface area contributed by atoms with Crippen LogP contribution < -0.4 is 10.1 Å². The Kier molecular flexibility index (Phi) is 9.63. The lowest BCUT2D eigenvalue weighted by Crippen LogP contribution is -2.50. The molecule has 2 amide bonds. The number of halogens is 2. The van der Waals surface area contributed by atoms with Gasteiger partial charge in [0.2, 0.25) is 0 Å². The second-order valence-electron chi connectivity index (χ2n) is 10.6. The van der Waals surface area contributed by atoms with E-state index in [1.807, 2.05) is 59.5 Å². The van der Waals surface area contributed by atoms with Crippen LogP contribution in [0.4, 0.5) is 19.3 Å². The number of nitrogens with one attached hydrogen (secondary N) is 1. The number of benzene rings is 3. The number of hydrogen-bond donors (Lipinski definition) is 1. The van der Waals surface area contributed by atoms with Gasteiger partial charge in [0.1, 0.15) is 5.75 Å². The van der Waals surface area contributed by atoms with E-state index in [9.17, 15) is 13.6 Å². The highest BCUT2D eigenvalue weighted by Gasteiger charge is 2.29. The Morgan fingerprint density at radius 1 is 0.875 bits per heavy atom. The first-order valence-electron chi connectivity index (χ1n) is 14.3. The van der Waals surface area contributed by atoms with E-state index in [1.54, 1.807) is 12.1 Å². The number of amides is 2. The summed E-state index contributed by atoms with van der Waals surface area (Å²) in [6, 6.07) is 25.0. The van der Waals surface area contributed by atoms with Crippen molar-refractivity contribution < 1.29 is 18.3 Å². The molecule has 6 nitrogen and oxygen atoms in total. The fraction of sp³-hybridized carbons (Fsp3) is 0.406. The van der Waals surface area contributed by atoms with Crippen LogP contribution in [-0.2, 0) is 6.54 Å². The van der Waals surface area contributed by atoms with Crippen molar-refractivity contribution in [2.45, 2.75) is 44.9 Å². The molecule has 2 saturated heterocycles. The van der Waals surface area contributed by atoms with E-state index in [0.29, 0.717) is 13.1 Å². The highest BCUT2D eigenvalue weighted by molar-refractivity contribution is 5.94. The van der Waals surface area contributed by atoms with Crippen molar-refractivity contribution in [3.05, 3.63) is 84.4 Å². The number of hydrogen-bond acceptors (Lipinski definition) is 4. The largest absolute Gasteiger partial charge is 0.434 e. The Morgan fingerprint density at radius 2 is 1.55 bits per heavy atom. The van der Waals surface area contributed by atoms with Crippen molar-refractivity contribution in [3.8, 4) is 16.9 Å². The summed E-state index contributed by atoms with van der Waals surface area (Å²) in [6.07, 6.45) is 4.08. The lowest BCUT2D eigenvalue weighted by Gasteiger charge is -2.39. The van der Waals surface area contributed by atoms with Gasteiger partial charge in [-0.15, -0.1) is 0 Å². The smallest absolute Gasteiger partial charge is 0.387 e. The van der Waals surface area contributed by atoms with Gasteiger partial charge < -0.3 is 19.9 Å². The third kappa shape index (κ3) is 7.37. The van der Waals surface area contributed by atoms with Crippen molar-refractivity contribution in [2.75, 3.05) is 44.6 Å². The molecule has 2 fully saturated rings. The maximum atomic E-state index is 13.8. The monoisotopic (exact) mass is 548 g/mol. The van der Waals surface area contributed by atoms with Gasteiger partial charge >= 0.3 is 12.6 Å². The number of likely N-dealkylation sites (tertiary alicyclic amines) is 2. The Balaban J connectivity index is 1.26. The van der Waals surface area contributed by atoms with Crippen molar-refractivity contribution in [1.82, 2.24) is 14.7 Å². The Bertz CT molecular complexity index is 1230. The van der Waals surface area contributed by atoms with Crippen LogP contribution in [0.25, 0.3) is 11.1 Å². The first kappa shape index (κ1) is 28.1. The summed E-state index contributed by atoms with van der Waals surface area (Å²) in [6.45, 7) is 2.97. The lowest BCUT2D eigenvalue weighted by atomic mass is 10.0. The van der Waals surface area contributed by atoms with E-state index in [1.165, 1.54) is 12.8 Å². The molecule has 3 aromatic carbocycles. The van der Waals surface area contributed by atoms with E-state index < -0.39 is 6.61 Å². The maximum absolute atomic E-state index is 13.8. The van der Waals surface area contributed by atoms with E-state index in [4.69, 9.17) is 4.74 Å². The number of ether oxygens (including phenoxy) is 1. The van der Waals surface area contributed by atoms with Gasteiger partial charge in [-0.05, 0) is 56.5 Å². The van der Waals surface area contributed by atoms with Gasteiger partial charge in [-0.25, -0.2) is 4.79 Å². The zero-order valence-electron chi connectivity index (χ0n) is 22.9. The van der Waals surface area contributed by atoms with Crippen LogP contribution in [0.3, 0.4) is 0 Å². The normalized spacial score (nSPS) is 16.8. The molecule has 8 heteroatoms. The lowest BCUT2D eigenvalue weighted by molar-refractivity contribution is -0.0508. The van der Waals surface area contributed by atoms with E-state index in [2.05, 4.69) is 27.2 Å². The van der Waals surface area contributed by atoms with E-state index >= 15 is 0 Å². The summed E-state index contributed by atoms with van der Waals surface area (Å²) in [5.74, 6) is 0.225. The zero-order chi connectivity index (χ0) is 27.7. The summed E-state index contributed by atoms with van der Waals surface area (Å²) in [5.41, 5.74) is 3.61. The summed E-state index contributed by atoms with van der Waals surface area (Å²) in [4.78, 5) is 20.5. The van der Waals surface area contributed by atoms with Gasteiger partial charge in [0, 0.05) is 49.9 Å². The van der Waals surface area contributed by atoms with Gasteiger partial charge in [0.25, 0.3) is 0 Å².